The Kier molecular flexibility index (Phi) is 4.06. The van der Waals surface area contributed by atoms with E-state index in [1.807, 2.05) is 0 Å². The van der Waals surface area contributed by atoms with Gasteiger partial charge in [0.1, 0.15) is 6.54 Å². The Morgan fingerprint density at radius 3 is 2.63 bits per heavy atom. The van der Waals surface area contributed by atoms with Crippen LogP contribution in [0.15, 0.2) is 6.33 Å². The van der Waals surface area contributed by atoms with Gasteiger partial charge in [-0.3, -0.25) is 4.79 Å². The molecule has 1 aromatic heterocycles. The molecule has 5 fully saturated rings. The van der Waals surface area contributed by atoms with Gasteiger partial charge in [-0.1, -0.05) is 20.3 Å². The molecule has 7 heteroatoms. The molecule has 5 aliphatic carbocycles. The first-order valence-corrected chi connectivity index (χ1v) is 11.9. The van der Waals surface area contributed by atoms with Crippen LogP contribution >= 0.6 is 0 Å². The van der Waals surface area contributed by atoms with Gasteiger partial charge in [-0.15, -0.1) is 10.2 Å². The van der Waals surface area contributed by atoms with Crippen LogP contribution in [-0.2, 0) is 11.3 Å². The molecule has 30 heavy (non-hydrogen) atoms. The first kappa shape index (κ1) is 19.3. The molecule has 0 amide bonds. The monoisotopic (exact) mass is 418 g/mol. The summed E-state index contributed by atoms with van der Waals surface area (Å²) in [6, 6.07) is 0. The van der Waals surface area contributed by atoms with Gasteiger partial charge in [0, 0.05) is 17.8 Å². The number of tetrazole rings is 1. The van der Waals surface area contributed by atoms with Crippen LogP contribution in [0.3, 0.4) is 0 Å². The number of hydrogen-bond acceptors (Lipinski definition) is 4. The van der Waals surface area contributed by atoms with Gasteiger partial charge in [-0.25, -0.2) is 8.78 Å². The van der Waals surface area contributed by atoms with E-state index in [1.165, 1.54) is 36.8 Å². The number of aromatic nitrogens is 4. The number of carbonyl (C=O) groups is 1. The van der Waals surface area contributed by atoms with E-state index in [0.717, 1.165) is 37.0 Å². The predicted octanol–water partition coefficient (Wildman–Crippen LogP) is 4.25. The van der Waals surface area contributed by atoms with Crippen LogP contribution in [0, 0.1) is 58.7 Å². The van der Waals surface area contributed by atoms with Crippen molar-refractivity contribution >= 4 is 5.78 Å². The minimum atomic E-state index is -2.68. The lowest BCUT2D eigenvalue weighted by molar-refractivity contribution is -0.142. The minimum Gasteiger partial charge on any atom is -0.297 e. The van der Waals surface area contributed by atoms with E-state index in [-0.39, 0.29) is 23.7 Å². The lowest BCUT2D eigenvalue weighted by Crippen LogP contribution is -2.52. The molecule has 6 rings (SSSR count). The van der Waals surface area contributed by atoms with E-state index in [1.54, 1.807) is 0 Å². The van der Waals surface area contributed by atoms with Crippen LogP contribution in [-0.4, -0.2) is 31.9 Å². The van der Waals surface area contributed by atoms with Gasteiger partial charge in [0.15, 0.2) is 12.1 Å². The molecule has 0 spiro atoms. The van der Waals surface area contributed by atoms with Gasteiger partial charge in [-0.2, -0.15) is 4.80 Å². The number of fused-ring (bicyclic) bond motifs is 7. The smallest absolute Gasteiger partial charge is 0.255 e. The number of nitrogens with zero attached hydrogens (tertiary/aromatic N) is 4. The number of carbonyl (C=O) groups excluding carboxylic acids is 1. The Bertz CT molecular complexity index is 844. The van der Waals surface area contributed by atoms with Crippen LogP contribution in [0.25, 0.3) is 0 Å². The molecule has 10 atom stereocenters. The molecule has 1 aromatic rings. The fraction of sp³-hybridized carbons (Fsp3) is 0.913. The maximum absolute atomic E-state index is 15.0. The average molecular weight is 419 g/mol. The Morgan fingerprint density at radius 1 is 1.07 bits per heavy atom. The summed E-state index contributed by atoms with van der Waals surface area (Å²) in [5, 5.41) is 11.4. The van der Waals surface area contributed by atoms with E-state index < -0.39 is 23.7 Å². The lowest BCUT2D eigenvalue weighted by atomic mass is 9.48. The molecule has 0 radical (unpaired) electrons. The zero-order valence-electron chi connectivity index (χ0n) is 17.9. The van der Waals surface area contributed by atoms with Gasteiger partial charge in [0.05, 0.1) is 0 Å². The van der Waals surface area contributed by atoms with Gasteiger partial charge < -0.3 is 0 Å². The maximum atomic E-state index is 15.0. The normalized spacial score (nSPS) is 50.7. The SMILES string of the molecule is C[C@H]1CC[C@@H]2C3CC[C@@]4(C)C([C@@H]3CC[C@@H]2C1)[C@H]1[C@@H]([C@@H]4C(=O)Cn2ncnn2)C1(F)F. The van der Waals surface area contributed by atoms with Gasteiger partial charge in [-0.05, 0) is 84.7 Å². The summed E-state index contributed by atoms with van der Waals surface area (Å²) in [7, 11) is 0. The second-order valence-corrected chi connectivity index (χ2v) is 11.5. The Balaban J connectivity index is 1.30. The molecule has 164 valence electrons. The summed E-state index contributed by atoms with van der Waals surface area (Å²) >= 11 is 0. The van der Waals surface area contributed by atoms with Gasteiger partial charge >= 0.3 is 0 Å². The van der Waals surface area contributed by atoms with Gasteiger partial charge in [0.25, 0.3) is 5.92 Å². The molecule has 5 aliphatic rings. The second kappa shape index (κ2) is 6.32. The fourth-order valence-corrected chi connectivity index (χ4v) is 9.15. The van der Waals surface area contributed by atoms with Gasteiger partial charge in [0.2, 0.25) is 0 Å². The molecular weight excluding hydrogens is 386 g/mol. The first-order valence-electron chi connectivity index (χ1n) is 11.9. The zero-order chi connectivity index (χ0) is 20.8. The third kappa shape index (κ3) is 2.49. The van der Waals surface area contributed by atoms with Crippen molar-refractivity contribution in [2.45, 2.75) is 71.3 Å². The molecule has 1 heterocycles. The van der Waals surface area contributed by atoms with Crippen LogP contribution < -0.4 is 0 Å². The minimum absolute atomic E-state index is 0.00537. The maximum Gasteiger partial charge on any atom is 0.255 e. The molecule has 5 nitrogen and oxygen atoms in total. The highest BCUT2D eigenvalue weighted by Crippen LogP contribution is 2.79. The lowest BCUT2D eigenvalue weighted by Gasteiger charge is -2.57. The highest BCUT2D eigenvalue weighted by Gasteiger charge is 2.84. The van der Waals surface area contributed by atoms with Crippen molar-refractivity contribution in [3.05, 3.63) is 6.33 Å². The van der Waals surface area contributed by atoms with E-state index in [0.29, 0.717) is 11.8 Å². The van der Waals surface area contributed by atoms with Crippen molar-refractivity contribution in [1.82, 2.24) is 20.2 Å². The molecular formula is C23H32F2N4O. The van der Waals surface area contributed by atoms with Crippen LogP contribution in [0.1, 0.15) is 58.8 Å². The van der Waals surface area contributed by atoms with Crippen molar-refractivity contribution in [1.29, 1.82) is 0 Å². The molecule has 5 saturated carbocycles. The van der Waals surface area contributed by atoms with Crippen LogP contribution in [0.2, 0.25) is 0 Å². The van der Waals surface area contributed by atoms with Crippen LogP contribution in [0.5, 0.6) is 0 Å². The van der Waals surface area contributed by atoms with E-state index >= 15 is 8.78 Å². The largest absolute Gasteiger partial charge is 0.297 e. The third-order valence-corrected chi connectivity index (χ3v) is 10.2. The standard InChI is InChI=1S/C23H32F2N4O/c1-12-3-5-14-13(9-12)4-6-16-15(14)7-8-22(2)18(16)20-21(23(20,24)25)19(22)17(30)10-29-27-11-26-28-29/h11-16,18-21H,3-10H2,1-2H3/t12-,13+,14-,15?,16+,18?,19-,20-,21+,22-/m0/s1. The third-order valence-electron chi connectivity index (χ3n) is 10.2. The Morgan fingerprint density at radius 2 is 1.87 bits per heavy atom. The Labute approximate surface area is 176 Å². The second-order valence-electron chi connectivity index (χ2n) is 11.5. The summed E-state index contributed by atoms with van der Waals surface area (Å²) in [5.74, 6) is -1.43. The van der Waals surface area contributed by atoms with Crippen molar-refractivity contribution in [3.63, 3.8) is 0 Å². The zero-order valence-corrected chi connectivity index (χ0v) is 17.9. The van der Waals surface area contributed by atoms with Crippen molar-refractivity contribution in [3.8, 4) is 0 Å². The number of hydrogen-bond donors (Lipinski definition) is 0. The number of halogens is 2. The number of Topliss-reactive ketones (excluding diaryl/α,β-unsaturated/α-hetero) is 1. The molecule has 0 saturated heterocycles. The number of alkyl halides is 2. The molecule has 2 unspecified atom stereocenters. The van der Waals surface area contributed by atoms with Crippen LogP contribution in [0.4, 0.5) is 8.78 Å². The first-order chi connectivity index (χ1) is 14.3. The topological polar surface area (TPSA) is 60.7 Å². The van der Waals surface area contributed by atoms with Crippen molar-refractivity contribution in [2.75, 3.05) is 0 Å². The molecule has 0 aliphatic heterocycles. The molecule has 0 bridgehead atoms. The summed E-state index contributed by atoms with van der Waals surface area (Å²) in [6.07, 6.45) is 9.50. The summed E-state index contributed by atoms with van der Waals surface area (Å²) in [4.78, 5) is 14.5. The summed E-state index contributed by atoms with van der Waals surface area (Å²) < 4.78 is 30.0. The van der Waals surface area contributed by atoms with E-state index in [4.69, 9.17) is 0 Å². The number of rotatable bonds is 3. The predicted molar refractivity (Wildman–Crippen MR) is 105 cm³/mol. The summed E-state index contributed by atoms with van der Waals surface area (Å²) in [6.45, 7) is 4.48. The molecule has 0 aromatic carbocycles. The average Bonchev–Trinajstić information content (AvgIpc) is 3.08. The van der Waals surface area contributed by atoms with Crippen molar-refractivity contribution in [2.24, 2.45) is 58.7 Å². The molecule has 0 N–H and O–H groups in total. The van der Waals surface area contributed by atoms with E-state index in [2.05, 4.69) is 29.3 Å². The highest BCUT2D eigenvalue weighted by molar-refractivity contribution is 5.83. The summed E-state index contributed by atoms with van der Waals surface area (Å²) in [5.41, 5.74) is -0.301. The highest BCUT2D eigenvalue weighted by atomic mass is 19.3. The quantitative estimate of drug-likeness (QED) is 0.736. The van der Waals surface area contributed by atoms with E-state index in [9.17, 15) is 4.79 Å². The van der Waals surface area contributed by atoms with Crippen molar-refractivity contribution < 1.29 is 13.6 Å². The Hall–Kier alpha value is -1.40. The fourth-order valence-electron chi connectivity index (χ4n) is 9.15. The number of ketones is 1.